The number of non-ortho nitro benzene ring substituents is 1. The van der Waals surface area contributed by atoms with E-state index in [1.54, 1.807) is 0 Å². The number of rotatable bonds is 8. The number of anilines is 1. The van der Waals surface area contributed by atoms with Gasteiger partial charge in [-0.1, -0.05) is 13.8 Å². The Hall–Kier alpha value is -3.17. The van der Waals surface area contributed by atoms with Crippen molar-refractivity contribution in [1.29, 1.82) is 0 Å². The zero-order valence-corrected chi connectivity index (χ0v) is 14.7. The molecule has 10 nitrogen and oxygen atoms in total. The van der Waals surface area contributed by atoms with Crippen LogP contribution in [0.15, 0.2) is 18.2 Å². The topological polar surface area (TPSA) is 151 Å². The van der Waals surface area contributed by atoms with Crippen LogP contribution in [0.5, 0.6) is 0 Å². The zero-order valence-electron chi connectivity index (χ0n) is 14.7. The minimum Gasteiger partial charge on any atom is -0.467 e. The van der Waals surface area contributed by atoms with Crippen molar-refractivity contribution < 1.29 is 28.8 Å². The number of benzene rings is 1. The molecule has 0 aliphatic rings. The van der Waals surface area contributed by atoms with E-state index in [0.29, 0.717) is 6.42 Å². The number of methoxy groups -OCH3 is 1. The maximum absolute atomic E-state index is 12.0. The number of nitro groups is 1. The molecular weight excluding hydrogens is 346 g/mol. The van der Waals surface area contributed by atoms with Gasteiger partial charge < -0.3 is 20.5 Å². The van der Waals surface area contributed by atoms with Crippen molar-refractivity contribution in [3.8, 4) is 0 Å². The number of esters is 2. The third-order valence-corrected chi connectivity index (χ3v) is 3.33. The van der Waals surface area contributed by atoms with Gasteiger partial charge >= 0.3 is 11.9 Å². The molecule has 0 spiro atoms. The fourth-order valence-electron chi connectivity index (χ4n) is 2.11. The van der Waals surface area contributed by atoms with E-state index in [1.807, 2.05) is 13.8 Å². The van der Waals surface area contributed by atoms with Crippen LogP contribution in [-0.4, -0.2) is 42.5 Å². The Balaban J connectivity index is 2.71. The lowest BCUT2D eigenvalue weighted by Crippen LogP contribution is -2.44. The van der Waals surface area contributed by atoms with Crippen molar-refractivity contribution in [2.24, 2.45) is 5.92 Å². The Bertz CT molecular complexity index is 703. The lowest BCUT2D eigenvalue weighted by Gasteiger charge is -2.18. The molecule has 26 heavy (non-hydrogen) atoms. The number of nitrogens with one attached hydrogen (secondary N) is 1. The molecule has 1 unspecified atom stereocenters. The molecule has 1 amide bonds. The molecule has 0 heterocycles. The first kappa shape index (κ1) is 20.9. The van der Waals surface area contributed by atoms with Gasteiger partial charge in [0.25, 0.3) is 11.6 Å². The average Bonchev–Trinajstić information content (AvgIpc) is 2.58. The zero-order chi connectivity index (χ0) is 19.9. The van der Waals surface area contributed by atoms with Crippen molar-refractivity contribution in [1.82, 2.24) is 5.32 Å². The normalized spacial score (nSPS) is 11.5. The van der Waals surface area contributed by atoms with Crippen molar-refractivity contribution in [3.63, 3.8) is 0 Å². The summed E-state index contributed by atoms with van der Waals surface area (Å²) in [6, 6.07) is 2.44. The SMILES string of the molecule is COC(=O)C(CC(C)C)NC(=O)COC(=O)c1cc([N+](=O)[O-])ccc1N. The molecule has 0 aliphatic heterocycles. The van der Waals surface area contributed by atoms with E-state index >= 15 is 0 Å². The summed E-state index contributed by atoms with van der Waals surface area (Å²) in [5.74, 6) is -2.19. The fraction of sp³-hybridized carbons (Fsp3) is 0.438. The molecule has 0 aromatic heterocycles. The van der Waals surface area contributed by atoms with Gasteiger partial charge in [0.05, 0.1) is 17.6 Å². The molecule has 0 aliphatic carbocycles. The van der Waals surface area contributed by atoms with Crippen LogP contribution in [0.1, 0.15) is 30.6 Å². The first-order valence-electron chi connectivity index (χ1n) is 7.74. The second-order valence-electron chi connectivity index (χ2n) is 5.88. The molecule has 10 heteroatoms. The van der Waals surface area contributed by atoms with Gasteiger partial charge in [-0.25, -0.2) is 9.59 Å². The maximum atomic E-state index is 12.0. The Morgan fingerprint density at radius 2 is 1.96 bits per heavy atom. The summed E-state index contributed by atoms with van der Waals surface area (Å²) in [5, 5.41) is 13.2. The lowest BCUT2D eigenvalue weighted by atomic mass is 10.0. The summed E-state index contributed by atoms with van der Waals surface area (Å²) >= 11 is 0. The Labute approximate surface area is 149 Å². The van der Waals surface area contributed by atoms with Gasteiger partial charge in [0, 0.05) is 17.8 Å². The predicted octanol–water partition coefficient (Wildman–Crippen LogP) is 1.04. The van der Waals surface area contributed by atoms with Gasteiger partial charge in [0.2, 0.25) is 0 Å². The highest BCUT2D eigenvalue weighted by Crippen LogP contribution is 2.20. The summed E-state index contributed by atoms with van der Waals surface area (Å²) in [6.45, 7) is 3.06. The fourth-order valence-corrected chi connectivity index (χ4v) is 2.11. The molecule has 142 valence electrons. The highest BCUT2D eigenvalue weighted by molar-refractivity contribution is 5.97. The molecule has 0 saturated heterocycles. The molecule has 0 bridgehead atoms. The Kier molecular flexibility index (Phi) is 7.51. The third kappa shape index (κ3) is 6.04. The number of nitrogens with two attached hydrogens (primary N) is 1. The molecule has 1 aromatic rings. The number of nitrogens with zero attached hydrogens (tertiary/aromatic N) is 1. The molecule has 1 aromatic carbocycles. The number of hydrogen-bond donors (Lipinski definition) is 2. The maximum Gasteiger partial charge on any atom is 0.341 e. The number of carbonyl (C=O) groups excluding carboxylic acids is 3. The van der Waals surface area contributed by atoms with Crippen LogP contribution >= 0.6 is 0 Å². The number of nitro benzene ring substituents is 1. The quantitative estimate of drug-likeness (QED) is 0.299. The van der Waals surface area contributed by atoms with Crippen LogP contribution in [-0.2, 0) is 19.1 Å². The second kappa shape index (κ2) is 9.35. The first-order chi connectivity index (χ1) is 12.1. The van der Waals surface area contributed by atoms with Gasteiger partial charge in [0.1, 0.15) is 6.04 Å². The molecule has 0 saturated carbocycles. The smallest absolute Gasteiger partial charge is 0.341 e. The van der Waals surface area contributed by atoms with Crippen molar-refractivity contribution >= 4 is 29.2 Å². The Morgan fingerprint density at radius 1 is 1.31 bits per heavy atom. The highest BCUT2D eigenvalue weighted by atomic mass is 16.6. The monoisotopic (exact) mass is 367 g/mol. The molecule has 3 N–H and O–H groups in total. The third-order valence-electron chi connectivity index (χ3n) is 3.33. The summed E-state index contributed by atoms with van der Waals surface area (Å²) in [6.07, 6.45) is 0.351. The van der Waals surface area contributed by atoms with E-state index in [2.05, 4.69) is 10.1 Å². The minimum absolute atomic E-state index is 0.0201. The molecular formula is C16H21N3O7. The summed E-state index contributed by atoms with van der Waals surface area (Å²) in [7, 11) is 1.20. The average molecular weight is 367 g/mol. The van der Waals surface area contributed by atoms with E-state index in [-0.39, 0.29) is 22.9 Å². The van der Waals surface area contributed by atoms with E-state index in [1.165, 1.54) is 13.2 Å². The number of amides is 1. The number of ether oxygens (including phenoxy) is 2. The predicted molar refractivity (Wildman–Crippen MR) is 91.2 cm³/mol. The molecule has 0 radical (unpaired) electrons. The standard InChI is InChI=1S/C16H21N3O7/c1-9(2)6-13(16(22)25-3)18-14(20)8-26-15(21)11-7-10(19(23)24)4-5-12(11)17/h4-5,7,9,13H,6,8,17H2,1-3H3,(H,18,20). The van der Waals surface area contributed by atoms with Crippen molar-refractivity contribution in [2.75, 3.05) is 19.5 Å². The highest BCUT2D eigenvalue weighted by Gasteiger charge is 2.24. The number of nitrogen functional groups attached to an aromatic ring is 1. The van der Waals surface area contributed by atoms with Crippen molar-refractivity contribution in [2.45, 2.75) is 26.3 Å². The van der Waals surface area contributed by atoms with E-state index in [9.17, 15) is 24.5 Å². The summed E-state index contributed by atoms with van der Waals surface area (Å²) < 4.78 is 9.44. The van der Waals surface area contributed by atoms with Gasteiger partial charge in [-0.05, 0) is 18.4 Å². The minimum atomic E-state index is -0.986. The van der Waals surface area contributed by atoms with Gasteiger partial charge in [-0.2, -0.15) is 0 Å². The number of hydrogen-bond acceptors (Lipinski definition) is 8. The van der Waals surface area contributed by atoms with Gasteiger partial charge in [-0.3, -0.25) is 14.9 Å². The number of carbonyl (C=O) groups is 3. The van der Waals surface area contributed by atoms with Crippen molar-refractivity contribution in [3.05, 3.63) is 33.9 Å². The van der Waals surface area contributed by atoms with Crippen LogP contribution in [0.25, 0.3) is 0 Å². The largest absolute Gasteiger partial charge is 0.467 e. The van der Waals surface area contributed by atoms with Gasteiger partial charge in [0.15, 0.2) is 6.61 Å². The van der Waals surface area contributed by atoms with E-state index in [4.69, 9.17) is 10.5 Å². The molecule has 1 rings (SSSR count). The molecule has 0 fully saturated rings. The second-order valence-corrected chi connectivity index (χ2v) is 5.88. The molecule has 1 atom stereocenters. The lowest BCUT2D eigenvalue weighted by molar-refractivity contribution is -0.384. The van der Waals surface area contributed by atoms with Crippen LogP contribution in [0, 0.1) is 16.0 Å². The van der Waals surface area contributed by atoms with Crippen LogP contribution < -0.4 is 11.1 Å². The first-order valence-corrected chi connectivity index (χ1v) is 7.74. The van der Waals surface area contributed by atoms with E-state index < -0.39 is 35.4 Å². The van der Waals surface area contributed by atoms with Gasteiger partial charge in [-0.15, -0.1) is 0 Å². The summed E-state index contributed by atoms with van der Waals surface area (Å²) in [5.41, 5.74) is 5.03. The van der Waals surface area contributed by atoms with Crippen LogP contribution in [0.4, 0.5) is 11.4 Å². The van der Waals surface area contributed by atoms with E-state index in [0.717, 1.165) is 12.1 Å². The summed E-state index contributed by atoms with van der Waals surface area (Å²) in [4.78, 5) is 45.7. The Morgan fingerprint density at radius 3 is 2.50 bits per heavy atom. The van der Waals surface area contributed by atoms with Crippen LogP contribution in [0.3, 0.4) is 0 Å². The van der Waals surface area contributed by atoms with Crippen LogP contribution in [0.2, 0.25) is 0 Å².